The fourth-order valence-corrected chi connectivity index (χ4v) is 3.14. The maximum Gasteiger partial charge on any atom is 0.163 e. The molecule has 21 heavy (non-hydrogen) atoms. The SMILES string of the molecule is COc1cc(F)cc([C@@H](CC2CC2)N2CCNCC2)c1O. The van der Waals surface area contributed by atoms with Gasteiger partial charge in [0.05, 0.1) is 7.11 Å². The summed E-state index contributed by atoms with van der Waals surface area (Å²) < 4.78 is 19.0. The average molecular weight is 294 g/mol. The quantitative estimate of drug-likeness (QED) is 0.874. The van der Waals surface area contributed by atoms with Gasteiger partial charge < -0.3 is 15.2 Å². The zero-order valence-electron chi connectivity index (χ0n) is 12.4. The Morgan fingerprint density at radius 3 is 2.71 bits per heavy atom. The second kappa shape index (κ2) is 6.20. The van der Waals surface area contributed by atoms with Crippen LogP contribution < -0.4 is 10.1 Å². The molecule has 0 amide bonds. The van der Waals surface area contributed by atoms with Crippen molar-refractivity contribution >= 4 is 0 Å². The highest BCUT2D eigenvalue weighted by Crippen LogP contribution is 2.44. The van der Waals surface area contributed by atoms with Crippen molar-refractivity contribution in [2.45, 2.75) is 25.3 Å². The average Bonchev–Trinajstić information content (AvgIpc) is 3.32. The summed E-state index contributed by atoms with van der Waals surface area (Å²) in [7, 11) is 1.46. The van der Waals surface area contributed by atoms with E-state index in [0.717, 1.165) is 32.6 Å². The minimum absolute atomic E-state index is 0.0733. The summed E-state index contributed by atoms with van der Waals surface area (Å²) in [5.74, 6) is 0.665. The van der Waals surface area contributed by atoms with Crippen LogP contribution in [0.25, 0.3) is 0 Å². The van der Waals surface area contributed by atoms with Crippen molar-refractivity contribution in [3.8, 4) is 11.5 Å². The number of methoxy groups -OCH3 is 1. The fraction of sp³-hybridized carbons (Fsp3) is 0.625. The lowest BCUT2D eigenvalue weighted by Gasteiger charge is -2.35. The van der Waals surface area contributed by atoms with Crippen LogP contribution in [0.3, 0.4) is 0 Å². The zero-order valence-corrected chi connectivity index (χ0v) is 12.4. The second-order valence-electron chi connectivity index (χ2n) is 6.03. The van der Waals surface area contributed by atoms with E-state index in [1.54, 1.807) is 0 Å². The summed E-state index contributed by atoms with van der Waals surface area (Å²) in [6.45, 7) is 3.73. The highest BCUT2D eigenvalue weighted by Gasteiger charge is 2.32. The van der Waals surface area contributed by atoms with Gasteiger partial charge in [-0.1, -0.05) is 12.8 Å². The molecule has 1 heterocycles. The Kier molecular flexibility index (Phi) is 4.31. The lowest BCUT2D eigenvalue weighted by Crippen LogP contribution is -2.45. The smallest absolute Gasteiger partial charge is 0.163 e. The van der Waals surface area contributed by atoms with Crippen molar-refractivity contribution in [3.63, 3.8) is 0 Å². The molecular formula is C16H23FN2O2. The normalized spacial score (nSPS) is 21.2. The van der Waals surface area contributed by atoms with E-state index >= 15 is 0 Å². The number of nitrogens with one attached hydrogen (secondary N) is 1. The first kappa shape index (κ1) is 14.6. The van der Waals surface area contributed by atoms with Crippen molar-refractivity contribution < 1.29 is 14.2 Å². The van der Waals surface area contributed by atoms with E-state index in [1.165, 1.54) is 32.1 Å². The molecule has 5 heteroatoms. The van der Waals surface area contributed by atoms with Crippen LogP contribution in [-0.2, 0) is 0 Å². The molecule has 2 fully saturated rings. The zero-order chi connectivity index (χ0) is 14.8. The molecular weight excluding hydrogens is 271 g/mol. The summed E-state index contributed by atoms with van der Waals surface area (Å²) in [5, 5.41) is 13.7. The maximum atomic E-state index is 13.9. The van der Waals surface area contributed by atoms with Crippen LogP contribution in [0.15, 0.2) is 12.1 Å². The molecule has 2 N–H and O–H groups in total. The van der Waals surface area contributed by atoms with E-state index in [9.17, 15) is 9.50 Å². The molecule has 1 aliphatic heterocycles. The van der Waals surface area contributed by atoms with Gasteiger partial charge in [-0.15, -0.1) is 0 Å². The second-order valence-corrected chi connectivity index (χ2v) is 6.03. The van der Waals surface area contributed by atoms with Gasteiger partial charge in [0.2, 0.25) is 0 Å². The van der Waals surface area contributed by atoms with Gasteiger partial charge in [0, 0.05) is 43.9 Å². The molecule has 1 atom stereocenters. The predicted molar refractivity (Wildman–Crippen MR) is 79.1 cm³/mol. The molecule has 4 nitrogen and oxygen atoms in total. The Labute approximate surface area is 124 Å². The van der Waals surface area contributed by atoms with Gasteiger partial charge in [0.25, 0.3) is 0 Å². The minimum Gasteiger partial charge on any atom is -0.504 e. The third kappa shape index (κ3) is 3.30. The molecule has 1 saturated heterocycles. The van der Waals surface area contributed by atoms with E-state index in [-0.39, 0.29) is 23.4 Å². The van der Waals surface area contributed by atoms with Gasteiger partial charge in [-0.05, 0) is 18.4 Å². The van der Waals surface area contributed by atoms with Crippen molar-refractivity contribution in [2.24, 2.45) is 5.92 Å². The molecule has 0 radical (unpaired) electrons. The minimum atomic E-state index is -0.351. The Morgan fingerprint density at radius 1 is 1.38 bits per heavy atom. The number of aromatic hydroxyl groups is 1. The largest absolute Gasteiger partial charge is 0.504 e. The Bertz CT molecular complexity index is 499. The highest BCUT2D eigenvalue weighted by molar-refractivity contribution is 5.47. The van der Waals surface area contributed by atoms with Crippen molar-refractivity contribution in [2.75, 3.05) is 33.3 Å². The molecule has 1 saturated carbocycles. The molecule has 1 aliphatic carbocycles. The van der Waals surface area contributed by atoms with Crippen molar-refractivity contribution in [1.82, 2.24) is 10.2 Å². The van der Waals surface area contributed by atoms with Gasteiger partial charge >= 0.3 is 0 Å². The number of nitrogens with zero attached hydrogens (tertiary/aromatic N) is 1. The number of phenols is 1. The van der Waals surface area contributed by atoms with E-state index in [1.807, 2.05) is 0 Å². The van der Waals surface area contributed by atoms with E-state index in [4.69, 9.17) is 4.74 Å². The lowest BCUT2D eigenvalue weighted by atomic mass is 9.97. The number of hydrogen-bond acceptors (Lipinski definition) is 4. The van der Waals surface area contributed by atoms with E-state index < -0.39 is 0 Å². The summed E-state index contributed by atoms with van der Waals surface area (Å²) in [6, 6.07) is 2.78. The topological polar surface area (TPSA) is 44.7 Å². The van der Waals surface area contributed by atoms with Crippen molar-refractivity contribution in [3.05, 3.63) is 23.5 Å². The molecule has 0 unspecified atom stereocenters. The van der Waals surface area contributed by atoms with Crippen LogP contribution in [0.5, 0.6) is 11.5 Å². The first-order valence-corrected chi connectivity index (χ1v) is 7.70. The molecule has 0 aromatic heterocycles. The number of rotatable bonds is 5. The summed E-state index contributed by atoms with van der Waals surface area (Å²) >= 11 is 0. The third-order valence-electron chi connectivity index (χ3n) is 4.49. The summed E-state index contributed by atoms with van der Waals surface area (Å²) in [6.07, 6.45) is 3.48. The monoisotopic (exact) mass is 294 g/mol. The Balaban J connectivity index is 1.92. The number of benzene rings is 1. The number of hydrogen-bond donors (Lipinski definition) is 2. The molecule has 1 aromatic rings. The highest BCUT2D eigenvalue weighted by atomic mass is 19.1. The number of phenolic OH excluding ortho intramolecular Hbond substituents is 1. The molecule has 3 rings (SSSR count). The standard InChI is InChI=1S/C16H23FN2O2/c1-21-15-10-12(17)9-13(16(15)20)14(8-11-2-3-11)19-6-4-18-5-7-19/h9-11,14,18,20H,2-8H2,1H3/t14-/m1/s1. The van der Waals surface area contributed by atoms with E-state index in [0.29, 0.717) is 11.5 Å². The molecule has 1 aromatic carbocycles. The van der Waals surface area contributed by atoms with Crippen LogP contribution >= 0.6 is 0 Å². The van der Waals surface area contributed by atoms with Crippen LogP contribution in [0.1, 0.15) is 30.9 Å². The molecule has 0 spiro atoms. The fourth-order valence-electron chi connectivity index (χ4n) is 3.14. The lowest BCUT2D eigenvalue weighted by molar-refractivity contribution is 0.157. The van der Waals surface area contributed by atoms with Crippen LogP contribution in [0.2, 0.25) is 0 Å². The molecule has 116 valence electrons. The van der Waals surface area contributed by atoms with Crippen molar-refractivity contribution in [1.29, 1.82) is 0 Å². The van der Waals surface area contributed by atoms with Gasteiger partial charge in [0.15, 0.2) is 11.5 Å². The van der Waals surface area contributed by atoms with Crippen LogP contribution in [0.4, 0.5) is 4.39 Å². The van der Waals surface area contributed by atoms with Gasteiger partial charge in [0.1, 0.15) is 5.82 Å². The number of ether oxygens (including phenoxy) is 1. The van der Waals surface area contributed by atoms with Crippen LogP contribution in [0, 0.1) is 11.7 Å². The number of piperazine rings is 1. The third-order valence-corrected chi connectivity index (χ3v) is 4.49. The Hall–Kier alpha value is -1.33. The first-order valence-electron chi connectivity index (χ1n) is 7.70. The predicted octanol–water partition coefficient (Wildman–Crippen LogP) is 2.29. The van der Waals surface area contributed by atoms with Gasteiger partial charge in [-0.2, -0.15) is 0 Å². The summed E-state index contributed by atoms with van der Waals surface area (Å²) in [4.78, 5) is 2.35. The van der Waals surface area contributed by atoms with Gasteiger partial charge in [-0.3, -0.25) is 4.90 Å². The molecule has 2 aliphatic rings. The molecule has 0 bridgehead atoms. The Morgan fingerprint density at radius 2 is 2.10 bits per heavy atom. The first-order chi connectivity index (χ1) is 10.2. The van der Waals surface area contributed by atoms with Gasteiger partial charge in [-0.25, -0.2) is 4.39 Å². The summed E-state index contributed by atoms with van der Waals surface area (Å²) in [5.41, 5.74) is 0.667. The number of halogens is 1. The van der Waals surface area contributed by atoms with Crippen LogP contribution in [-0.4, -0.2) is 43.3 Å². The van der Waals surface area contributed by atoms with E-state index in [2.05, 4.69) is 10.2 Å². The maximum absolute atomic E-state index is 13.9.